The minimum atomic E-state index is -0.572. The van der Waals surface area contributed by atoms with E-state index in [0.29, 0.717) is 17.1 Å². The molecule has 3 aromatic rings. The fourth-order valence-electron chi connectivity index (χ4n) is 2.93. The van der Waals surface area contributed by atoms with Gasteiger partial charge in [-0.25, -0.2) is 14.8 Å². The van der Waals surface area contributed by atoms with E-state index in [2.05, 4.69) is 27.2 Å². The van der Waals surface area contributed by atoms with Gasteiger partial charge < -0.3 is 20.1 Å². The van der Waals surface area contributed by atoms with Crippen LogP contribution in [0, 0.1) is 0 Å². The van der Waals surface area contributed by atoms with E-state index in [0.717, 1.165) is 6.08 Å². The molecule has 0 unspecified atom stereocenters. The maximum atomic E-state index is 13.0. The number of benzene rings is 2. The highest BCUT2D eigenvalue weighted by atomic mass is 35.5. The van der Waals surface area contributed by atoms with E-state index in [9.17, 15) is 9.59 Å². The Hall–Kier alpha value is -3.82. The molecule has 34 heavy (non-hydrogen) atoms. The van der Waals surface area contributed by atoms with Crippen LogP contribution in [0.3, 0.4) is 0 Å². The highest BCUT2D eigenvalue weighted by Crippen LogP contribution is 2.44. The van der Waals surface area contributed by atoms with Crippen LogP contribution in [0.2, 0.25) is 10.0 Å². The number of anilines is 3. The summed E-state index contributed by atoms with van der Waals surface area (Å²) in [5.74, 6) is 0.778. The Morgan fingerprint density at radius 2 is 1.71 bits per heavy atom. The number of ether oxygens (including phenoxy) is 2. The average Bonchev–Trinajstić information content (AvgIpc) is 2.86. The Morgan fingerprint density at radius 3 is 2.32 bits per heavy atom. The van der Waals surface area contributed by atoms with Gasteiger partial charge in [-0.15, -0.1) is 0 Å². The molecular formula is C23H21Cl2N5O4. The number of nitrogens with zero attached hydrogens (tertiary/aromatic N) is 3. The van der Waals surface area contributed by atoms with Crippen LogP contribution in [0.15, 0.2) is 55.3 Å². The van der Waals surface area contributed by atoms with Crippen molar-refractivity contribution in [3.05, 3.63) is 65.3 Å². The molecule has 0 aliphatic heterocycles. The van der Waals surface area contributed by atoms with Crippen LogP contribution in [-0.4, -0.2) is 43.2 Å². The summed E-state index contributed by atoms with van der Waals surface area (Å²) in [5, 5.41) is 5.61. The lowest BCUT2D eigenvalue weighted by atomic mass is 10.1. The van der Waals surface area contributed by atoms with Gasteiger partial charge in [-0.3, -0.25) is 9.69 Å². The zero-order valence-corrected chi connectivity index (χ0v) is 20.1. The van der Waals surface area contributed by atoms with Crippen LogP contribution in [0.25, 0.3) is 11.4 Å². The molecule has 1 heterocycles. The minimum absolute atomic E-state index is 0.116. The lowest BCUT2D eigenvalue weighted by Crippen LogP contribution is -2.32. The minimum Gasteiger partial charge on any atom is -0.495 e. The van der Waals surface area contributed by atoms with E-state index >= 15 is 0 Å². The van der Waals surface area contributed by atoms with Crippen LogP contribution >= 0.6 is 23.2 Å². The molecule has 2 N–H and O–H groups in total. The Bertz CT molecular complexity index is 1220. The van der Waals surface area contributed by atoms with E-state index in [1.54, 1.807) is 30.3 Å². The van der Waals surface area contributed by atoms with E-state index in [1.165, 1.54) is 38.4 Å². The number of rotatable bonds is 7. The van der Waals surface area contributed by atoms with Crippen molar-refractivity contribution < 1.29 is 19.1 Å². The zero-order valence-electron chi connectivity index (χ0n) is 18.6. The summed E-state index contributed by atoms with van der Waals surface area (Å²) < 4.78 is 10.5. The predicted octanol–water partition coefficient (Wildman–Crippen LogP) is 5.26. The molecule has 2 aromatic carbocycles. The lowest BCUT2D eigenvalue weighted by molar-refractivity contribution is -0.111. The third-order valence-electron chi connectivity index (χ3n) is 4.71. The number of methoxy groups -OCH3 is 2. The molecule has 9 nitrogen and oxygen atoms in total. The molecular weight excluding hydrogens is 481 g/mol. The van der Waals surface area contributed by atoms with E-state index < -0.39 is 6.03 Å². The van der Waals surface area contributed by atoms with Gasteiger partial charge in [0.05, 0.1) is 25.6 Å². The Morgan fingerprint density at radius 1 is 1.06 bits per heavy atom. The van der Waals surface area contributed by atoms with Gasteiger partial charge in [-0.2, -0.15) is 0 Å². The van der Waals surface area contributed by atoms with Crippen LogP contribution in [0.4, 0.5) is 22.0 Å². The van der Waals surface area contributed by atoms with Gasteiger partial charge in [0.1, 0.15) is 27.4 Å². The number of halogens is 2. The van der Waals surface area contributed by atoms with Crippen molar-refractivity contribution in [2.75, 3.05) is 36.8 Å². The van der Waals surface area contributed by atoms with Crippen LogP contribution in [0.1, 0.15) is 0 Å². The molecule has 11 heteroatoms. The van der Waals surface area contributed by atoms with Gasteiger partial charge in [-0.1, -0.05) is 41.9 Å². The summed E-state index contributed by atoms with van der Waals surface area (Å²) in [6.07, 6.45) is 2.66. The van der Waals surface area contributed by atoms with Crippen molar-refractivity contribution >= 4 is 52.3 Å². The highest BCUT2D eigenvalue weighted by molar-refractivity contribution is 6.41. The number of nitrogens with one attached hydrogen (secondary N) is 2. The molecule has 0 aliphatic rings. The first kappa shape index (κ1) is 24.8. The second-order valence-electron chi connectivity index (χ2n) is 6.75. The number of amides is 3. The SMILES string of the molecule is C=CC(=O)Nc1ccccc1-c1nccc(N(C)C(=O)Nc2c(Cl)c(OC)cc(OC)c2Cl)n1. The third-order valence-corrected chi connectivity index (χ3v) is 5.46. The van der Waals surface area contributed by atoms with Gasteiger partial charge in [0.2, 0.25) is 5.91 Å². The number of carbonyl (C=O) groups excluding carboxylic acids is 2. The fourth-order valence-corrected chi connectivity index (χ4v) is 3.52. The summed E-state index contributed by atoms with van der Waals surface area (Å²) in [4.78, 5) is 34.8. The summed E-state index contributed by atoms with van der Waals surface area (Å²) in [6.45, 7) is 3.46. The number of aromatic nitrogens is 2. The summed E-state index contributed by atoms with van der Waals surface area (Å²) >= 11 is 12.7. The molecule has 0 fully saturated rings. The molecule has 0 atom stereocenters. The largest absolute Gasteiger partial charge is 0.495 e. The normalized spacial score (nSPS) is 10.3. The number of para-hydroxylation sites is 1. The molecule has 3 amide bonds. The van der Waals surface area contributed by atoms with Gasteiger partial charge in [-0.05, 0) is 24.3 Å². The first-order valence-corrected chi connectivity index (χ1v) is 10.6. The molecule has 0 saturated carbocycles. The molecule has 176 valence electrons. The summed E-state index contributed by atoms with van der Waals surface area (Å²) in [6, 6.07) is 9.51. The van der Waals surface area contributed by atoms with Crippen LogP contribution < -0.4 is 25.0 Å². The second kappa shape index (κ2) is 10.9. The van der Waals surface area contributed by atoms with Gasteiger partial charge in [0.25, 0.3) is 0 Å². The Kier molecular flexibility index (Phi) is 7.93. The number of hydrogen-bond acceptors (Lipinski definition) is 6. The first-order valence-electron chi connectivity index (χ1n) is 9.81. The number of carbonyl (C=O) groups is 2. The predicted molar refractivity (Wildman–Crippen MR) is 133 cm³/mol. The van der Waals surface area contributed by atoms with Crippen molar-refractivity contribution in [3.63, 3.8) is 0 Å². The molecule has 0 radical (unpaired) electrons. The lowest BCUT2D eigenvalue weighted by Gasteiger charge is -2.20. The van der Waals surface area contributed by atoms with Crippen molar-refractivity contribution in [1.82, 2.24) is 9.97 Å². The summed E-state index contributed by atoms with van der Waals surface area (Å²) in [5.41, 5.74) is 1.19. The van der Waals surface area contributed by atoms with E-state index in [1.807, 2.05) is 0 Å². The molecule has 0 aliphatic carbocycles. The van der Waals surface area contributed by atoms with Crippen molar-refractivity contribution in [3.8, 4) is 22.9 Å². The second-order valence-corrected chi connectivity index (χ2v) is 7.51. The molecule has 3 rings (SSSR count). The smallest absolute Gasteiger partial charge is 0.327 e. The number of hydrogen-bond donors (Lipinski definition) is 2. The maximum absolute atomic E-state index is 13.0. The molecule has 0 saturated heterocycles. The number of urea groups is 1. The third kappa shape index (κ3) is 5.22. The van der Waals surface area contributed by atoms with Crippen molar-refractivity contribution in [2.24, 2.45) is 0 Å². The Labute approximate surface area is 206 Å². The molecule has 0 spiro atoms. The average molecular weight is 502 g/mol. The highest BCUT2D eigenvalue weighted by Gasteiger charge is 2.22. The maximum Gasteiger partial charge on any atom is 0.327 e. The van der Waals surface area contributed by atoms with Gasteiger partial charge in [0, 0.05) is 24.9 Å². The van der Waals surface area contributed by atoms with Gasteiger partial charge >= 0.3 is 6.03 Å². The van der Waals surface area contributed by atoms with E-state index in [-0.39, 0.29) is 39.0 Å². The van der Waals surface area contributed by atoms with Crippen molar-refractivity contribution in [1.29, 1.82) is 0 Å². The quantitative estimate of drug-likeness (QED) is 0.427. The first-order chi connectivity index (χ1) is 16.3. The Balaban J connectivity index is 1.91. The molecule has 1 aromatic heterocycles. The van der Waals surface area contributed by atoms with Crippen LogP contribution in [-0.2, 0) is 4.79 Å². The van der Waals surface area contributed by atoms with Crippen molar-refractivity contribution in [2.45, 2.75) is 0 Å². The standard InChI is InChI=1S/C23H21Cl2N5O4/c1-5-18(31)27-14-9-7-6-8-13(14)22-26-11-10-17(28-22)30(2)23(32)29-21-19(24)15(33-3)12-16(34-4)20(21)25/h5-12H,1H2,2-4H3,(H,27,31)(H,29,32). The van der Waals surface area contributed by atoms with Crippen LogP contribution in [0.5, 0.6) is 11.5 Å². The molecule has 0 bridgehead atoms. The van der Waals surface area contributed by atoms with Gasteiger partial charge in [0.15, 0.2) is 5.82 Å². The van der Waals surface area contributed by atoms with E-state index in [4.69, 9.17) is 32.7 Å². The topological polar surface area (TPSA) is 106 Å². The summed E-state index contributed by atoms with van der Waals surface area (Å²) in [7, 11) is 4.39. The zero-order chi connectivity index (χ0) is 24.8. The monoisotopic (exact) mass is 501 g/mol. The fraction of sp³-hybridized carbons (Fsp3) is 0.130.